The molecule has 2 aliphatic heterocycles. The van der Waals surface area contributed by atoms with Crippen molar-refractivity contribution in [3.63, 3.8) is 0 Å². The molecule has 2 atom stereocenters. The zero-order valence-corrected chi connectivity index (χ0v) is 13.2. The molecule has 0 saturated carbocycles. The van der Waals surface area contributed by atoms with Crippen molar-refractivity contribution in [3.8, 4) is 0 Å². The monoisotopic (exact) mass is 303 g/mol. The van der Waals surface area contributed by atoms with Gasteiger partial charge >= 0.3 is 8.25 Å². The Bertz CT molecular complexity index is 250. The Balaban J connectivity index is 1.57. The largest absolute Gasteiger partial charge is 0.697 e. The predicted octanol–water partition coefficient (Wildman–Crippen LogP) is 2.46. The summed E-state index contributed by atoms with van der Waals surface area (Å²) in [6, 6.07) is 0. The number of hydrogen-bond donors (Lipinski definition) is 2. The third kappa shape index (κ3) is 6.59. The third-order valence-electron chi connectivity index (χ3n) is 4.22. The van der Waals surface area contributed by atoms with Crippen LogP contribution in [0, 0.1) is 11.8 Å². The van der Waals surface area contributed by atoms with Crippen LogP contribution in [0.2, 0.25) is 0 Å². The smallest absolute Gasteiger partial charge is 0.317 e. The predicted molar refractivity (Wildman–Crippen MR) is 79.9 cm³/mol. The first kappa shape index (κ1) is 16.3. The van der Waals surface area contributed by atoms with Crippen LogP contribution in [0.3, 0.4) is 0 Å². The summed E-state index contributed by atoms with van der Waals surface area (Å²) >= 11 is 0. The van der Waals surface area contributed by atoms with E-state index in [0.29, 0.717) is 25.0 Å². The van der Waals surface area contributed by atoms with Crippen LogP contribution in [-0.2, 0) is 13.6 Å². The lowest BCUT2D eigenvalue weighted by molar-refractivity contribution is 0.169. The normalized spacial score (nSPS) is 29.5. The van der Waals surface area contributed by atoms with Crippen LogP contribution in [-0.4, -0.2) is 39.4 Å². The van der Waals surface area contributed by atoms with Crippen LogP contribution in [0.4, 0.5) is 0 Å². The Hall–Kier alpha value is -0.0600. The molecule has 2 unspecified atom stereocenters. The highest BCUT2D eigenvalue weighted by Gasteiger charge is 2.26. The van der Waals surface area contributed by atoms with Crippen molar-refractivity contribution >= 4 is 8.25 Å². The molecular weight excluding hydrogens is 275 g/mol. The molecule has 2 saturated heterocycles. The van der Waals surface area contributed by atoms with Gasteiger partial charge in [-0.3, -0.25) is 0 Å². The van der Waals surface area contributed by atoms with E-state index in [1.165, 1.54) is 12.8 Å². The molecule has 0 aliphatic carbocycles. The van der Waals surface area contributed by atoms with Crippen molar-refractivity contribution in [2.75, 3.05) is 39.4 Å². The molecule has 0 aromatic carbocycles. The quantitative estimate of drug-likeness (QED) is 0.738. The summed E-state index contributed by atoms with van der Waals surface area (Å²) in [6.07, 6.45) is 6.89. The third-order valence-corrected chi connectivity index (χ3v) is 4.94. The Labute approximate surface area is 123 Å². The van der Waals surface area contributed by atoms with Crippen molar-refractivity contribution in [1.82, 2.24) is 10.6 Å². The van der Waals surface area contributed by atoms with Gasteiger partial charge in [-0.05, 0) is 76.5 Å². The molecule has 0 spiro atoms. The van der Waals surface area contributed by atoms with Crippen molar-refractivity contribution in [1.29, 1.82) is 0 Å². The van der Waals surface area contributed by atoms with Crippen LogP contribution >= 0.6 is 8.25 Å². The molecule has 2 rings (SSSR count). The van der Waals surface area contributed by atoms with Crippen LogP contribution in [0.5, 0.6) is 0 Å². The van der Waals surface area contributed by atoms with E-state index in [-0.39, 0.29) is 0 Å². The van der Waals surface area contributed by atoms with Gasteiger partial charge in [-0.25, -0.2) is 0 Å². The Morgan fingerprint density at radius 2 is 1.30 bits per heavy atom. The first-order valence-corrected chi connectivity index (χ1v) is 9.08. The van der Waals surface area contributed by atoms with Gasteiger partial charge in [0.05, 0.1) is 0 Å². The number of rotatable bonds is 6. The van der Waals surface area contributed by atoms with Gasteiger partial charge in [-0.15, -0.1) is 9.05 Å². The SMILES string of the molecule is O=[P+](OCC1CCCNCC1)OCC1CCCNCC1. The lowest BCUT2D eigenvalue weighted by atomic mass is 10.0. The molecular formula is C14H28N2O3P+. The molecule has 2 N–H and O–H groups in total. The molecule has 116 valence electrons. The average Bonchev–Trinajstić information content (AvgIpc) is 2.87. The fourth-order valence-corrected chi connectivity index (χ4v) is 3.63. The molecule has 2 aliphatic rings. The second-order valence-corrected chi connectivity index (χ2v) is 6.87. The van der Waals surface area contributed by atoms with Crippen LogP contribution in [0.1, 0.15) is 38.5 Å². The molecule has 6 heteroatoms. The van der Waals surface area contributed by atoms with Gasteiger partial charge < -0.3 is 10.6 Å². The van der Waals surface area contributed by atoms with Gasteiger partial charge in [0.15, 0.2) is 0 Å². The molecule has 5 nitrogen and oxygen atoms in total. The maximum Gasteiger partial charge on any atom is 0.697 e. The van der Waals surface area contributed by atoms with Gasteiger partial charge in [0.2, 0.25) is 0 Å². The molecule has 2 fully saturated rings. The Morgan fingerprint density at radius 3 is 1.80 bits per heavy atom. The van der Waals surface area contributed by atoms with Crippen molar-refractivity contribution in [2.45, 2.75) is 38.5 Å². The average molecular weight is 303 g/mol. The first-order chi connectivity index (χ1) is 9.84. The maximum atomic E-state index is 11.8. The Morgan fingerprint density at radius 1 is 0.800 bits per heavy atom. The fourth-order valence-electron chi connectivity index (χ4n) is 2.89. The van der Waals surface area contributed by atoms with E-state index in [9.17, 15) is 4.57 Å². The summed E-state index contributed by atoms with van der Waals surface area (Å²) in [7, 11) is -1.94. The minimum atomic E-state index is -1.94. The summed E-state index contributed by atoms with van der Waals surface area (Å²) in [5.41, 5.74) is 0. The second-order valence-electron chi connectivity index (χ2n) is 5.91. The van der Waals surface area contributed by atoms with E-state index in [2.05, 4.69) is 10.6 Å². The van der Waals surface area contributed by atoms with E-state index in [4.69, 9.17) is 9.05 Å². The summed E-state index contributed by atoms with van der Waals surface area (Å²) in [6.45, 7) is 5.41. The minimum absolute atomic E-state index is 0.523. The van der Waals surface area contributed by atoms with Crippen LogP contribution in [0.15, 0.2) is 0 Å². The first-order valence-electron chi connectivity index (χ1n) is 7.99. The van der Waals surface area contributed by atoms with Crippen molar-refractivity contribution in [3.05, 3.63) is 0 Å². The fraction of sp³-hybridized carbons (Fsp3) is 1.00. The lowest BCUT2D eigenvalue weighted by Gasteiger charge is -2.10. The van der Waals surface area contributed by atoms with Gasteiger partial charge in [-0.1, -0.05) is 0 Å². The van der Waals surface area contributed by atoms with E-state index in [1.54, 1.807) is 0 Å². The van der Waals surface area contributed by atoms with E-state index < -0.39 is 8.25 Å². The zero-order chi connectivity index (χ0) is 14.0. The van der Waals surface area contributed by atoms with Gasteiger partial charge in [0.25, 0.3) is 0 Å². The lowest BCUT2D eigenvalue weighted by Crippen LogP contribution is -2.15. The standard InChI is InChI=1S/C14H28N2O3P/c17-20(18-11-13-3-1-7-15-9-5-13)19-12-14-4-2-8-16-10-6-14/h13-16H,1-12H2/q+1. The van der Waals surface area contributed by atoms with Gasteiger partial charge in [0.1, 0.15) is 13.2 Å². The molecule has 0 bridgehead atoms. The molecule has 20 heavy (non-hydrogen) atoms. The van der Waals surface area contributed by atoms with E-state index in [1.807, 2.05) is 0 Å². The van der Waals surface area contributed by atoms with Crippen molar-refractivity contribution < 1.29 is 13.6 Å². The highest BCUT2D eigenvalue weighted by molar-refractivity contribution is 7.33. The summed E-state index contributed by atoms with van der Waals surface area (Å²) in [5.74, 6) is 1.05. The topological polar surface area (TPSA) is 59.6 Å². The molecule has 0 aromatic rings. The van der Waals surface area contributed by atoms with Crippen LogP contribution < -0.4 is 10.6 Å². The summed E-state index contributed by atoms with van der Waals surface area (Å²) in [5, 5.41) is 6.75. The molecule has 0 radical (unpaired) electrons. The maximum absolute atomic E-state index is 11.8. The number of nitrogens with one attached hydrogen (secondary N) is 2. The van der Waals surface area contributed by atoms with Crippen LogP contribution in [0.25, 0.3) is 0 Å². The summed E-state index contributed by atoms with van der Waals surface area (Å²) in [4.78, 5) is 0. The second kappa shape index (κ2) is 9.80. The van der Waals surface area contributed by atoms with E-state index >= 15 is 0 Å². The minimum Gasteiger partial charge on any atom is -0.317 e. The number of hydrogen-bond acceptors (Lipinski definition) is 5. The highest BCUT2D eigenvalue weighted by atomic mass is 31.1. The van der Waals surface area contributed by atoms with Crippen molar-refractivity contribution in [2.24, 2.45) is 11.8 Å². The molecule has 2 heterocycles. The van der Waals surface area contributed by atoms with Gasteiger partial charge in [0, 0.05) is 4.57 Å². The highest BCUT2D eigenvalue weighted by Crippen LogP contribution is 2.29. The molecule has 0 aromatic heterocycles. The van der Waals surface area contributed by atoms with Gasteiger partial charge in [-0.2, -0.15) is 0 Å². The molecule has 0 amide bonds. The van der Waals surface area contributed by atoms with E-state index in [0.717, 1.165) is 51.9 Å². The summed E-state index contributed by atoms with van der Waals surface area (Å²) < 4.78 is 22.6. The zero-order valence-electron chi connectivity index (χ0n) is 12.3. The Kier molecular flexibility index (Phi) is 7.99.